The molecular weight excluding hydrogens is 374 g/mol. The number of nitrogens with one attached hydrogen (secondary N) is 1. The Morgan fingerprint density at radius 1 is 1.04 bits per heavy atom. The number of nitrogens with zero attached hydrogens (tertiary/aromatic N) is 4. The van der Waals surface area contributed by atoms with Gasteiger partial charge < -0.3 is 0 Å². The number of hydrogen-bond donors (Lipinski definition) is 1. The van der Waals surface area contributed by atoms with Crippen molar-refractivity contribution in [1.29, 1.82) is 0 Å². The van der Waals surface area contributed by atoms with E-state index in [9.17, 15) is 0 Å². The second-order valence-electron chi connectivity index (χ2n) is 6.63. The molecule has 1 N–H and O–H groups in total. The molecule has 0 atom stereocenters. The third kappa shape index (κ3) is 4.81. The molecule has 0 unspecified atom stereocenters. The van der Waals surface area contributed by atoms with Crippen molar-refractivity contribution in [2.75, 3.05) is 32.7 Å². The Morgan fingerprint density at radius 2 is 1.81 bits per heavy atom. The smallest absolute Gasteiger partial charge is 0.217 e. The molecule has 1 saturated heterocycles. The molecule has 5 nitrogen and oxygen atoms in total. The first-order chi connectivity index (χ1) is 13.3. The van der Waals surface area contributed by atoms with Crippen LogP contribution in [0.5, 0.6) is 0 Å². The van der Waals surface area contributed by atoms with Crippen LogP contribution in [0.1, 0.15) is 5.56 Å². The Bertz CT molecular complexity index is 919. The summed E-state index contributed by atoms with van der Waals surface area (Å²) in [7, 11) is 0. The summed E-state index contributed by atoms with van der Waals surface area (Å²) in [5.41, 5.74) is 1.26. The molecule has 1 aromatic carbocycles. The Kier molecular flexibility index (Phi) is 5.94. The second kappa shape index (κ2) is 8.75. The average molecular weight is 398 g/mol. The van der Waals surface area contributed by atoms with Crippen LogP contribution in [0.15, 0.2) is 53.9 Å². The van der Waals surface area contributed by atoms with Gasteiger partial charge >= 0.3 is 0 Å². The molecule has 7 heteroatoms. The van der Waals surface area contributed by atoms with Crippen LogP contribution < -0.4 is 0 Å². The third-order valence-electron chi connectivity index (χ3n) is 4.71. The van der Waals surface area contributed by atoms with E-state index in [-0.39, 0.29) is 0 Å². The molecule has 0 radical (unpaired) electrons. The van der Waals surface area contributed by atoms with Gasteiger partial charge in [-0.1, -0.05) is 48.6 Å². The molecule has 1 aliphatic heterocycles. The number of hydrogen-bond acceptors (Lipinski definition) is 5. The Labute approximate surface area is 168 Å². The summed E-state index contributed by atoms with van der Waals surface area (Å²) in [5.74, 6) is 0.861. The maximum absolute atomic E-state index is 5.42. The van der Waals surface area contributed by atoms with Gasteiger partial charge in [-0.15, -0.1) is 11.3 Å². The molecule has 2 aromatic heterocycles. The van der Waals surface area contributed by atoms with Gasteiger partial charge in [0, 0.05) is 32.7 Å². The Balaban J connectivity index is 1.27. The first-order valence-electron chi connectivity index (χ1n) is 9.15. The van der Waals surface area contributed by atoms with E-state index in [1.165, 1.54) is 5.56 Å². The molecule has 3 heterocycles. The van der Waals surface area contributed by atoms with Gasteiger partial charge in [-0.25, -0.2) is 4.68 Å². The van der Waals surface area contributed by atoms with E-state index in [4.69, 9.17) is 12.2 Å². The molecule has 0 aliphatic carbocycles. The SMILES string of the molecule is S=c1nc(-c2cccs2)[nH]n1CN1CCN(CC=Cc2ccccc2)CC1. The van der Waals surface area contributed by atoms with Gasteiger partial charge in [0.25, 0.3) is 0 Å². The highest BCUT2D eigenvalue weighted by Gasteiger charge is 2.17. The maximum Gasteiger partial charge on any atom is 0.217 e. The third-order valence-corrected chi connectivity index (χ3v) is 5.90. The zero-order chi connectivity index (χ0) is 18.5. The van der Waals surface area contributed by atoms with Crippen molar-refractivity contribution in [1.82, 2.24) is 24.6 Å². The van der Waals surface area contributed by atoms with E-state index in [0.717, 1.165) is 50.1 Å². The topological polar surface area (TPSA) is 40.1 Å². The predicted molar refractivity (Wildman–Crippen MR) is 114 cm³/mol. The van der Waals surface area contributed by atoms with Crippen LogP contribution in [-0.2, 0) is 6.67 Å². The van der Waals surface area contributed by atoms with Crippen LogP contribution in [-0.4, -0.2) is 57.3 Å². The highest BCUT2D eigenvalue weighted by molar-refractivity contribution is 7.71. The van der Waals surface area contributed by atoms with Crippen LogP contribution in [0.25, 0.3) is 16.8 Å². The fourth-order valence-corrected chi connectivity index (χ4v) is 4.05. The van der Waals surface area contributed by atoms with Gasteiger partial charge in [0.15, 0.2) is 5.82 Å². The summed E-state index contributed by atoms with van der Waals surface area (Å²) in [6, 6.07) is 14.5. The van der Waals surface area contributed by atoms with Gasteiger partial charge in [-0.3, -0.25) is 14.9 Å². The summed E-state index contributed by atoms with van der Waals surface area (Å²) >= 11 is 7.09. The van der Waals surface area contributed by atoms with Gasteiger partial charge in [0.1, 0.15) is 0 Å². The van der Waals surface area contributed by atoms with Crippen molar-refractivity contribution in [3.8, 4) is 10.7 Å². The largest absolute Gasteiger partial charge is 0.297 e. The highest BCUT2D eigenvalue weighted by Crippen LogP contribution is 2.20. The van der Waals surface area contributed by atoms with E-state index >= 15 is 0 Å². The molecule has 140 valence electrons. The minimum absolute atomic E-state index is 0.617. The summed E-state index contributed by atoms with van der Waals surface area (Å²) < 4.78 is 2.58. The van der Waals surface area contributed by atoms with Crippen LogP contribution in [0.2, 0.25) is 0 Å². The highest BCUT2D eigenvalue weighted by atomic mass is 32.1. The lowest BCUT2D eigenvalue weighted by atomic mass is 10.2. The van der Waals surface area contributed by atoms with Gasteiger partial charge in [-0.2, -0.15) is 4.98 Å². The van der Waals surface area contributed by atoms with E-state index in [1.807, 2.05) is 16.8 Å². The number of piperazine rings is 1. The van der Waals surface area contributed by atoms with E-state index in [2.05, 4.69) is 67.7 Å². The number of aromatic nitrogens is 3. The summed E-state index contributed by atoms with van der Waals surface area (Å²) in [6.45, 7) is 5.97. The fraction of sp³-hybridized carbons (Fsp3) is 0.300. The van der Waals surface area contributed by atoms with Crippen molar-refractivity contribution in [2.45, 2.75) is 6.67 Å². The molecule has 0 spiro atoms. The monoisotopic (exact) mass is 397 g/mol. The fourth-order valence-electron chi connectivity index (χ4n) is 3.19. The normalized spacial score (nSPS) is 16.3. The molecule has 3 aromatic rings. The van der Waals surface area contributed by atoms with Gasteiger partial charge in [0.05, 0.1) is 11.5 Å². The van der Waals surface area contributed by atoms with Crippen LogP contribution in [0.4, 0.5) is 0 Å². The molecule has 0 bridgehead atoms. The van der Waals surface area contributed by atoms with E-state index in [1.54, 1.807) is 11.3 Å². The quantitative estimate of drug-likeness (QED) is 0.639. The van der Waals surface area contributed by atoms with Crippen molar-refractivity contribution >= 4 is 29.6 Å². The van der Waals surface area contributed by atoms with Crippen molar-refractivity contribution in [3.63, 3.8) is 0 Å². The van der Waals surface area contributed by atoms with Crippen LogP contribution >= 0.6 is 23.6 Å². The summed E-state index contributed by atoms with van der Waals surface area (Å²) in [5, 5.41) is 5.39. The molecule has 0 amide bonds. The maximum atomic E-state index is 5.42. The first kappa shape index (κ1) is 18.3. The van der Waals surface area contributed by atoms with Crippen LogP contribution in [0, 0.1) is 4.77 Å². The average Bonchev–Trinajstić information content (AvgIpc) is 3.35. The van der Waals surface area contributed by atoms with E-state index in [0.29, 0.717) is 4.77 Å². The molecule has 0 saturated carbocycles. The molecule has 1 aliphatic rings. The van der Waals surface area contributed by atoms with Crippen molar-refractivity contribution in [3.05, 3.63) is 64.3 Å². The first-order valence-corrected chi connectivity index (χ1v) is 10.4. The molecule has 4 rings (SSSR count). The lowest BCUT2D eigenvalue weighted by Crippen LogP contribution is -2.46. The lowest BCUT2D eigenvalue weighted by molar-refractivity contribution is 0.110. The van der Waals surface area contributed by atoms with Crippen molar-refractivity contribution in [2.24, 2.45) is 0 Å². The number of thiophene rings is 1. The molecule has 27 heavy (non-hydrogen) atoms. The zero-order valence-corrected chi connectivity index (χ0v) is 16.8. The minimum Gasteiger partial charge on any atom is -0.297 e. The van der Waals surface area contributed by atoms with Gasteiger partial charge in [0.2, 0.25) is 4.77 Å². The summed E-state index contributed by atoms with van der Waals surface area (Å²) in [4.78, 5) is 10.5. The number of aromatic amines is 1. The van der Waals surface area contributed by atoms with Crippen molar-refractivity contribution < 1.29 is 0 Å². The van der Waals surface area contributed by atoms with Crippen LogP contribution in [0.3, 0.4) is 0 Å². The molecular formula is C20H23N5S2. The second-order valence-corrected chi connectivity index (χ2v) is 7.95. The number of rotatable bonds is 6. The predicted octanol–water partition coefficient (Wildman–Crippen LogP) is 3.96. The number of H-pyrrole nitrogens is 1. The molecule has 1 fully saturated rings. The van der Waals surface area contributed by atoms with Gasteiger partial charge in [-0.05, 0) is 29.2 Å². The summed E-state index contributed by atoms with van der Waals surface area (Å²) in [6.07, 6.45) is 4.45. The zero-order valence-electron chi connectivity index (χ0n) is 15.1. The Morgan fingerprint density at radius 3 is 2.56 bits per heavy atom. The Hall–Kier alpha value is -2.06. The lowest BCUT2D eigenvalue weighted by Gasteiger charge is -2.33. The van der Waals surface area contributed by atoms with E-state index < -0.39 is 0 Å². The number of benzene rings is 1. The standard InChI is InChI=1S/C20H23N5S2/c26-20-21-19(18-9-5-15-27-18)22-25(20)16-24-13-11-23(12-14-24)10-4-8-17-6-2-1-3-7-17/h1-9,15H,10-14,16H2,(H,21,22,26). The minimum atomic E-state index is 0.617.